The third kappa shape index (κ3) is 2.59. The van der Waals surface area contributed by atoms with Crippen LogP contribution in [0.25, 0.3) is 0 Å². The van der Waals surface area contributed by atoms with Crippen molar-refractivity contribution in [1.29, 1.82) is 0 Å². The lowest BCUT2D eigenvalue weighted by Crippen LogP contribution is -2.35. The summed E-state index contributed by atoms with van der Waals surface area (Å²) in [6.07, 6.45) is 7.45. The highest BCUT2D eigenvalue weighted by molar-refractivity contribution is 5.52. The van der Waals surface area contributed by atoms with Crippen molar-refractivity contribution in [1.82, 2.24) is 4.90 Å². The predicted molar refractivity (Wildman–Crippen MR) is 50.2 cm³/mol. The quantitative estimate of drug-likeness (QED) is 0.601. The molecule has 0 bridgehead atoms. The Morgan fingerprint density at radius 3 is 2.92 bits per heavy atom. The molecule has 0 aromatic rings. The molecule has 0 aliphatic carbocycles. The van der Waals surface area contributed by atoms with Crippen LogP contribution in [0.15, 0.2) is 0 Å². The second-order valence-electron chi connectivity index (χ2n) is 3.57. The Morgan fingerprint density at radius 1 is 1.42 bits per heavy atom. The molecule has 1 atom stereocenters. The van der Waals surface area contributed by atoms with Gasteiger partial charge in [0.05, 0.1) is 6.54 Å². The molecule has 1 heterocycles. The highest BCUT2D eigenvalue weighted by Gasteiger charge is 2.17. The number of hydrogen-bond donors (Lipinski definition) is 0. The molecule has 2 heteroatoms. The fraction of sp³-hybridized carbons (Fsp3) is 0.900. The van der Waals surface area contributed by atoms with Gasteiger partial charge in [0.2, 0.25) is 0 Å². The molecule has 1 rings (SSSR count). The smallest absolute Gasteiger partial charge is 0.133 e. The summed E-state index contributed by atoms with van der Waals surface area (Å²) in [6.45, 7) is 3.98. The van der Waals surface area contributed by atoms with E-state index in [4.69, 9.17) is 0 Å². The summed E-state index contributed by atoms with van der Waals surface area (Å²) in [6, 6.07) is 0.665. The second kappa shape index (κ2) is 5.31. The molecule has 1 saturated heterocycles. The molecule has 0 aromatic carbocycles. The van der Waals surface area contributed by atoms with Gasteiger partial charge in [-0.25, -0.2) is 0 Å². The standard InChI is InChI=1S/C10H19NO/c1-2-10-6-4-3-5-7-11(10)8-9-12/h9-10H,2-8H2,1H3. The van der Waals surface area contributed by atoms with Crippen LogP contribution in [0, 0.1) is 0 Å². The minimum Gasteiger partial charge on any atom is -0.302 e. The number of hydrogen-bond acceptors (Lipinski definition) is 2. The van der Waals surface area contributed by atoms with Gasteiger partial charge in [-0.2, -0.15) is 0 Å². The molecule has 12 heavy (non-hydrogen) atoms. The predicted octanol–water partition coefficient (Wildman–Crippen LogP) is 1.84. The average molecular weight is 169 g/mol. The molecule has 1 fully saturated rings. The molecular formula is C10H19NO. The van der Waals surface area contributed by atoms with E-state index in [0.29, 0.717) is 12.6 Å². The van der Waals surface area contributed by atoms with Crippen molar-refractivity contribution in [2.24, 2.45) is 0 Å². The van der Waals surface area contributed by atoms with E-state index in [-0.39, 0.29) is 0 Å². The van der Waals surface area contributed by atoms with Crippen LogP contribution in [-0.2, 0) is 4.79 Å². The molecule has 0 amide bonds. The van der Waals surface area contributed by atoms with Crippen molar-refractivity contribution in [3.05, 3.63) is 0 Å². The van der Waals surface area contributed by atoms with Crippen LogP contribution in [0.1, 0.15) is 39.0 Å². The summed E-state index contributed by atoms with van der Waals surface area (Å²) >= 11 is 0. The van der Waals surface area contributed by atoms with E-state index in [0.717, 1.165) is 12.8 Å². The fourth-order valence-electron chi connectivity index (χ4n) is 2.04. The van der Waals surface area contributed by atoms with Gasteiger partial charge < -0.3 is 4.79 Å². The van der Waals surface area contributed by atoms with Gasteiger partial charge in [-0.3, -0.25) is 4.90 Å². The number of rotatable bonds is 3. The van der Waals surface area contributed by atoms with Crippen molar-refractivity contribution >= 4 is 6.29 Å². The third-order valence-electron chi connectivity index (χ3n) is 2.78. The van der Waals surface area contributed by atoms with E-state index < -0.39 is 0 Å². The normalized spacial score (nSPS) is 26.6. The fourth-order valence-corrected chi connectivity index (χ4v) is 2.04. The first-order valence-electron chi connectivity index (χ1n) is 5.06. The average Bonchev–Trinajstić information content (AvgIpc) is 2.30. The van der Waals surface area contributed by atoms with Gasteiger partial charge in [-0.05, 0) is 25.8 Å². The van der Waals surface area contributed by atoms with Crippen LogP contribution in [0.4, 0.5) is 0 Å². The molecule has 2 nitrogen and oxygen atoms in total. The summed E-state index contributed by atoms with van der Waals surface area (Å²) in [7, 11) is 0. The van der Waals surface area contributed by atoms with Crippen molar-refractivity contribution in [2.75, 3.05) is 13.1 Å². The van der Waals surface area contributed by atoms with Gasteiger partial charge in [-0.1, -0.05) is 19.8 Å². The summed E-state index contributed by atoms with van der Waals surface area (Å²) in [5, 5.41) is 0. The topological polar surface area (TPSA) is 20.3 Å². The van der Waals surface area contributed by atoms with Crippen LogP contribution >= 0.6 is 0 Å². The number of carbonyl (C=O) groups is 1. The lowest BCUT2D eigenvalue weighted by molar-refractivity contribution is -0.109. The highest BCUT2D eigenvalue weighted by atomic mass is 16.1. The maximum atomic E-state index is 10.4. The second-order valence-corrected chi connectivity index (χ2v) is 3.57. The van der Waals surface area contributed by atoms with E-state index in [2.05, 4.69) is 11.8 Å². The molecule has 1 aliphatic heterocycles. The molecule has 0 N–H and O–H groups in total. The van der Waals surface area contributed by atoms with Crippen LogP contribution in [0.2, 0.25) is 0 Å². The Balaban J connectivity index is 2.44. The molecule has 1 unspecified atom stereocenters. The lowest BCUT2D eigenvalue weighted by Gasteiger charge is -2.26. The van der Waals surface area contributed by atoms with Gasteiger partial charge in [-0.15, -0.1) is 0 Å². The maximum absolute atomic E-state index is 10.4. The monoisotopic (exact) mass is 169 g/mol. The number of likely N-dealkylation sites (tertiary alicyclic amines) is 1. The first-order valence-corrected chi connectivity index (χ1v) is 5.06. The van der Waals surface area contributed by atoms with Crippen molar-refractivity contribution in [3.63, 3.8) is 0 Å². The first kappa shape index (κ1) is 9.72. The molecular weight excluding hydrogens is 150 g/mol. The zero-order valence-corrected chi connectivity index (χ0v) is 7.96. The molecule has 70 valence electrons. The van der Waals surface area contributed by atoms with Crippen molar-refractivity contribution in [2.45, 2.75) is 45.1 Å². The zero-order chi connectivity index (χ0) is 8.81. The summed E-state index contributed by atoms with van der Waals surface area (Å²) in [5.41, 5.74) is 0. The van der Waals surface area contributed by atoms with Gasteiger partial charge in [0.15, 0.2) is 0 Å². The van der Waals surface area contributed by atoms with E-state index >= 15 is 0 Å². The van der Waals surface area contributed by atoms with Gasteiger partial charge in [0.25, 0.3) is 0 Å². The molecule has 0 saturated carbocycles. The Bertz CT molecular complexity index is 136. The molecule has 0 spiro atoms. The van der Waals surface area contributed by atoms with Crippen LogP contribution in [0.5, 0.6) is 0 Å². The van der Waals surface area contributed by atoms with Gasteiger partial charge in [0.1, 0.15) is 6.29 Å². The Kier molecular flexibility index (Phi) is 4.30. The van der Waals surface area contributed by atoms with E-state index in [1.165, 1.54) is 32.1 Å². The maximum Gasteiger partial charge on any atom is 0.133 e. The summed E-state index contributed by atoms with van der Waals surface area (Å²) < 4.78 is 0. The Labute approximate surface area is 74.9 Å². The Morgan fingerprint density at radius 2 is 2.25 bits per heavy atom. The first-order chi connectivity index (χ1) is 5.88. The largest absolute Gasteiger partial charge is 0.302 e. The van der Waals surface area contributed by atoms with E-state index in [1.807, 2.05) is 0 Å². The van der Waals surface area contributed by atoms with Crippen molar-refractivity contribution in [3.8, 4) is 0 Å². The number of nitrogens with zero attached hydrogens (tertiary/aromatic N) is 1. The lowest BCUT2D eigenvalue weighted by atomic mass is 10.1. The SMILES string of the molecule is CCC1CCCCCN1CC=O. The number of carbonyl (C=O) groups excluding carboxylic acids is 1. The molecule has 1 aliphatic rings. The minimum atomic E-state index is 0.637. The van der Waals surface area contributed by atoms with Crippen molar-refractivity contribution < 1.29 is 4.79 Å². The highest BCUT2D eigenvalue weighted by Crippen LogP contribution is 2.17. The Hall–Kier alpha value is -0.370. The van der Waals surface area contributed by atoms with Crippen LogP contribution in [0.3, 0.4) is 0 Å². The van der Waals surface area contributed by atoms with Gasteiger partial charge in [0, 0.05) is 6.04 Å². The third-order valence-corrected chi connectivity index (χ3v) is 2.78. The van der Waals surface area contributed by atoms with Crippen LogP contribution < -0.4 is 0 Å². The summed E-state index contributed by atoms with van der Waals surface area (Å²) in [4.78, 5) is 12.7. The molecule has 0 radical (unpaired) electrons. The minimum absolute atomic E-state index is 0.637. The summed E-state index contributed by atoms with van der Waals surface area (Å²) in [5.74, 6) is 0. The van der Waals surface area contributed by atoms with E-state index in [9.17, 15) is 4.79 Å². The van der Waals surface area contributed by atoms with Crippen LogP contribution in [-0.4, -0.2) is 30.3 Å². The number of aldehydes is 1. The van der Waals surface area contributed by atoms with Gasteiger partial charge >= 0.3 is 0 Å². The molecule has 0 aromatic heterocycles. The van der Waals surface area contributed by atoms with E-state index in [1.54, 1.807) is 0 Å². The zero-order valence-electron chi connectivity index (χ0n) is 7.96.